The molecule has 6 heteroatoms. The maximum atomic E-state index is 12.4. The molecule has 0 saturated carbocycles. The van der Waals surface area contributed by atoms with Crippen LogP contribution in [0.1, 0.15) is 24.1 Å². The molecule has 21 heavy (non-hydrogen) atoms. The van der Waals surface area contributed by atoms with Crippen molar-refractivity contribution in [1.82, 2.24) is 4.90 Å². The number of thiophene rings is 1. The standard InChI is InChI=1S/C15H21NO4S/c1-20-8-6-15(14(18)19)5-3-7-16(11-15)13(17)10-12-4-2-9-21-12/h2,4,9H,3,5-8,10-11H2,1H3,(H,18,19)/t15-/m1/s1. The molecule has 0 bridgehead atoms. The van der Waals surface area contributed by atoms with Gasteiger partial charge in [-0.15, -0.1) is 11.3 Å². The molecule has 0 radical (unpaired) electrons. The Morgan fingerprint density at radius 2 is 2.33 bits per heavy atom. The second kappa shape index (κ2) is 7.04. The van der Waals surface area contributed by atoms with Crippen LogP contribution in [0.4, 0.5) is 0 Å². The average Bonchev–Trinajstić information content (AvgIpc) is 2.98. The molecule has 5 nitrogen and oxygen atoms in total. The van der Waals surface area contributed by atoms with E-state index in [1.807, 2.05) is 17.5 Å². The number of nitrogens with zero attached hydrogens (tertiary/aromatic N) is 1. The highest BCUT2D eigenvalue weighted by Gasteiger charge is 2.43. The predicted octanol–water partition coefficient (Wildman–Crippen LogP) is 2.02. The van der Waals surface area contributed by atoms with E-state index in [0.29, 0.717) is 32.4 Å². The Morgan fingerprint density at radius 3 is 2.95 bits per heavy atom. The highest BCUT2D eigenvalue weighted by molar-refractivity contribution is 7.10. The first-order chi connectivity index (χ1) is 10.1. The summed E-state index contributed by atoms with van der Waals surface area (Å²) in [6, 6.07) is 3.85. The van der Waals surface area contributed by atoms with Gasteiger partial charge in [-0.25, -0.2) is 0 Å². The molecule has 1 fully saturated rings. The minimum Gasteiger partial charge on any atom is -0.481 e. The fourth-order valence-corrected chi connectivity index (χ4v) is 3.50. The average molecular weight is 311 g/mol. The molecule has 116 valence electrons. The molecule has 0 unspecified atom stereocenters. The molecule has 1 aromatic heterocycles. The van der Waals surface area contributed by atoms with Crippen LogP contribution in [0.3, 0.4) is 0 Å². The minimum absolute atomic E-state index is 0.0141. The zero-order valence-electron chi connectivity index (χ0n) is 12.2. The first-order valence-corrected chi connectivity index (χ1v) is 7.98. The lowest BCUT2D eigenvalue weighted by molar-refractivity contribution is -0.156. The number of ether oxygens (including phenoxy) is 1. The lowest BCUT2D eigenvalue weighted by Crippen LogP contribution is -2.50. The predicted molar refractivity (Wildman–Crippen MR) is 80.4 cm³/mol. The summed E-state index contributed by atoms with van der Waals surface area (Å²) in [7, 11) is 1.57. The number of aliphatic carboxylic acids is 1. The highest BCUT2D eigenvalue weighted by atomic mass is 32.1. The topological polar surface area (TPSA) is 66.8 Å². The van der Waals surface area contributed by atoms with Crippen molar-refractivity contribution in [2.45, 2.75) is 25.7 Å². The van der Waals surface area contributed by atoms with Crippen molar-refractivity contribution in [3.63, 3.8) is 0 Å². The Kier molecular flexibility index (Phi) is 5.36. The summed E-state index contributed by atoms with van der Waals surface area (Å²) in [5.41, 5.74) is -0.862. The van der Waals surface area contributed by atoms with E-state index in [-0.39, 0.29) is 12.5 Å². The Labute approximate surface area is 128 Å². The molecule has 1 aromatic rings. The van der Waals surface area contributed by atoms with Crippen LogP contribution in [0.5, 0.6) is 0 Å². The van der Waals surface area contributed by atoms with Gasteiger partial charge < -0.3 is 14.7 Å². The van der Waals surface area contributed by atoms with Gasteiger partial charge in [-0.3, -0.25) is 9.59 Å². The van der Waals surface area contributed by atoms with E-state index in [4.69, 9.17) is 4.74 Å². The molecule has 1 amide bonds. The number of rotatable bonds is 6. The number of amides is 1. The molecule has 1 atom stereocenters. The molecule has 1 aliphatic rings. The normalized spacial score (nSPS) is 22.2. The quantitative estimate of drug-likeness (QED) is 0.873. The fourth-order valence-electron chi connectivity index (χ4n) is 2.80. The number of carbonyl (C=O) groups is 2. The SMILES string of the molecule is COCC[C@]1(C(=O)O)CCCN(C(=O)Cc2cccs2)C1. The number of methoxy groups -OCH3 is 1. The van der Waals surface area contributed by atoms with Crippen LogP contribution in [-0.2, 0) is 20.7 Å². The smallest absolute Gasteiger partial charge is 0.311 e. The largest absolute Gasteiger partial charge is 0.481 e. The first kappa shape index (κ1) is 16.0. The fraction of sp³-hybridized carbons (Fsp3) is 0.600. The number of hydrogen-bond donors (Lipinski definition) is 1. The zero-order chi connectivity index (χ0) is 15.3. The van der Waals surface area contributed by atoms with Crippen LogP contribution in [0.2, 0.25) is 0 Å². The molecule has 1 saturated heterocycles. The van der Waals surface area contributed by atoms with Gasteiger partial charge in [-0.05, 0) is 30.7 Å². The number of carboxylic acid groups (broad SMARTS) is 1. The van der Waals surface area contributed by atoms with E-state index >= 15 is 0 Å². The molecular weight excluding hydrogens is 290 g/mol. The van der Waals surface area contributed by atoms with Gasteiger partial charge in [0.2, 0.25) is 5.91 Å². The van der Waals surface area contributed by atoms with Crippen LogP contribution in [-0.4, -0.2) is 48.7 Å². The third-order valence-electron chi connectivity index (χ3n) is 4.07. The highest BCUT2D eigenvalue weighted by Crippen LogP contribution is 2.34. The van der Waals surface area contributed by atoms with E-state index in [1.165, 1.54) is 0 Å². The monoisotopic (exact) mass is 311 g/mol. The van der Waals surface area contributed by atoms with Crippen molar-refractivity contribution < 1.29 is 19.4 Å². The molecule has 1 aliphatic heterocycles. The van der Waals surface area contributed by atoms with Gasteiger partial charge in [-0.2, -0.15) is 0 Å². The lowest BCUT2D eigenvalue weighted by Gasteiger charge is -2.40. The van der Waals surface area contributed by atoms with Crippen molar-refractivity contribution in [3.05, 3.63) is 22.4 Å². The molecule has 0 aliphatic carbocycles. The lowest BCUT2D eigenvalue weighted by atomic mass is 9.77. The molecule has 2 heterocycles. The van der Waals surface area contributed by atoms with Crippen molar-refractivity contribution in [2.75, 3.05) is 26.8 Å². The van der Waals surface area contributed by atoms with Crippen LogP contribution in [0, 0.1) is 5.41 Å². The van der Waals surface area contributed by atoms with Crippen LogP contribution < -0.4 is 0 Å². The second-order valence-corrected chi connectivity index (χ2v) is 6.54. The summed E-state index contributed by atoms with van der Waals surface area (Å²) in [5, 5.41) is 11.5. The first-order valence-electron chi connectivity index (χ1n) is 7.10. The second-order valence-electron chi connectivity index (χ2n) is 5.50. The summed E-state index contributed by atoms with van der Waals surface area (Å²) in [5.74, 6) is -0.812. The Balaban J connectivity index is 2.04. The summed E-state index contributed by atoms with van der Waals surface area (Å²) in [6.07, 6.45) is 2.14. The number of hydrogen-bond acceptors (Lipinski definition) is 4. The maximum absolute atomic E-state index is 12.4. The van der Waals surface area contributed by atoms with E-state index in [0.717, 1.165) is 11.3 Å². The van der Waals surface area contributed by atoms with Crippen molar-refractivity contribution in [2.24, 2.45) is 5.41 Å². The molecule has 0 spiro atoms. The van der Waals surface area contributed by atoms with E-state index in [1.54, 1.807) is 23.3 Å². The van der Waals surface area contributed by atoms with Gasteiger partial charge in [0.25, 0.3) is 0 Å². The Hall–Kier alpha value is -1.40. The van der Waals surface area contributed by atoms with Gasteiger partial charge in [-0.1, -0.05) is 6.07 Å². The van der Waals surface area contributed by atoms with Gasteiger partial charge in [0.05, 0.1) is 11.8 Å². The Morgan fingerprint density at radius 1 is 1.52 bits per heavy atom. The molecule has 1 N–H and O–H groups in total. The Bertz CT molecular complexity index is 488. The molecule has 0 aromatic carbocycles. The number of carbonyl (C=O) groups excluding carboxylic acids is 1. The van der Waals surface area contributed by atoms with Crippen LogP contribution in [0.15, 0.2) is 17.5 Å². The number of carboxylic acids is 1. The number of likely N-dealkylation sites (tertiary alicyclic amines) is 1. The number of piperidine rings is 1. The van der Waals surface area contributed by atoms with Crippen molar-refractivity contribution in [3.8, 4) is 0 Å². The minimum atomic E-state index is -0.862. The van der Waals surface area contributed by atoms with E-state index < -0.39 is 11.4 Å². The summed E-state index contributed by atoms with van der Waals surface area (Å²) < 4.78 is 5.04. The van der Waals surface area contributed by atoms with Gasteiger partial charge >= 0.3 is 5.97 Å². The third kappa shape index (κ3) is 3.83. The van der Waals surface area contributed by atoms with Gasteiger partial charge in [0.1, 0.15) is 0 Å². The third-order valence-corrected chi connectivity index (χ3v) is 4.95. The summed E-state index contributed by atoms with van der Waals surface area (Å²) in [4.78, 5) is 26.8. The van der Waals surface area contributed by atoms with E-state index in [2.05, 4.69) is 0 Å². The summed E-state index contributed by atoms with van der Waals surface area (Å²) >= 11 is 1.55. The van der Waals surface area contributed by atoms with Gasteiger partial charge in [0.15, 0.2) is 0 Å². The van der Waals surface area contributed by atoms with E-state index in [9.17, 15) is 14.7 Å². The summed E-state index contributed by atoms with van der Waals surface area (Å²) in [6.45, 7) is 1.33. The van der Waals surface area contributed by atoms with Crippen LogP contribution >= 0.6 is 11.3 Å². The zero-order valence-corrected chi connectivity index (χ0v) is 13.0. The van der Waals surface area contributed by atoms with Gasteiger partial charge in [0, 0.05) is 31.7 Å². The molecular formula is C15H21NO4S. The van der Waals surface area contributed by atoms with Crippen LogP contribution in [0.25, 0.3) is 0 Å². The molecule has 2 rings (SSSR count). The van der Waals surface area contributed by atoms with Crippen molar-refractivity contribution >= 4 is 23.2 Å². The van der Waals surface area contributed by atoms with Crippen molar-refractivity contribution in [1.29, 1.82) is 0 Å². The maximum Gasteiger partial charge on any atom is 0.311 e.